The Morgan fingerprint density at radius 3 is 2.71 bits per heavy atom. The fourth-order valence-corrected chi connectivity index (χ4v) is 3.00. The first-order valence-electron chi connectivity index (χ1n) is 8.38. The lowest BCUT2D eigenvalue weighted by Gasteiger charge is -2.31. The fourth-order valence-electron chi connectivity index (χ4n) is 3.00. The number of carbonyl (C=O) groups is 1. The van der Waals surface area contributed by atoms with Gasteiger partial charge in [-0.25, -0.2) is 9.97 Å². The number of aromatic nitrogens is 3. The number of anilines is 1. The smallest absolute Gasteiger partial charge is 0.219 e. The van der Waals surface area contributed by atoms with Crippen molar-refractivity contribution in [2.45, 2.75) is 26.7 Å². The van der Waals surface area contributed by atoms with Crippen LogP contribution in [0.3, 0.4) is 0 Å². The van der Waals surface area contributed by atoms with Crippen LogP contribution in [0.25, 0.3) is 11.4 Å². The van der Waals surface area contributed by atoms with Gasteiger partial charge in [-0.2, -0.15) is 0 Å². The summed E-state index contributed by atoms with van der Waals surface area (Å²) in [5, 5.41) is 3.43. The van der Waals surface area contributed by atoms with Crippen molar-refractivity contribution in [1.29, 1.82) is 0 Å². The quantitative estimate of drug-likeness (QED) is 0.935. The van der Waals surface area contributed by atoms with Gasteiger partial charge in [0.05, 0.1) is 11.4 Å². The first-order chi connectivity index (χ1) is 11.6. The third-order valence-corrected chi connectivity index (χ3v) is 4.40. The standard InChI is InChI=1S/C18H23N5O/c1-13-21-17(16-5-3-4-8-19-16)11-18(22-13)20-12-15-6-9-23(10-7-15)14(2)24/h3-5,8,11,15H,6-7,9-10,12H2,1-2H3,(H,20,21,22). The summed E-state index contributed by atoms with van der Waals surface area (Å²) in [5.41, 5.74) is 1.68. The highest BCUT2D eigenvalue weighted by Gasteiger charge is 2.20. The molecule has 1 saturated heterocycles. The Morgan fingerprint density at radius 2 is 2.04 bits per heavy atom. The van der Waals surface area contributed by atoms with Gasteiger partial charge < -0.3 is 10.2 Å². The summed E-state index contributed by atoms with van der Waals surface area (Å²) in [4.78, 5) is 26.6. The van der Waals surface area contributed by atoms with Crippen LogP contribution in [0.5, 0.6) is 0 Å². The molecule has 0 spiro atoms. The molecule has 0 unspecified atom stereocenters. The Balaban J connectivity index is 1.62. The number of nitrogens with one attached hydrogen (secondary N) is 1. The van der Waals surface area contributed by atoms with Crippen LogP contribution in [0.1, 0.15) is 25.6 Å². The Kier molecular flexibility index (Phi) is 5.03. The summed E-state index contributed by atoms with van der Waals surface area (Å²) in [6, 6.07) is 7.74. The summed E-state index contributed by atoms with van der Waals surface area (Å²) < 4.78 is 0. The van der Waals surface area contributed by atoms with Crippen LogP contribution < -0.4 is 5.32 Å². The molecule has 1 aliphatic heterocycles. The summed E-state index contributed by atoms with van der Waals surface area (Å²) in [5.74, 6) is 2.30. The van der Waals surface area contributed by atoms with Gasteiger partial charge in [-0.05, 0) is 37.8 Å². The van der Waals surface area contributed by atoms with E-state index in [1.54, 1.807) is 13.1 Å². The molecule has 6 nitrogen and oxygen atoms in total. The SMILES string of the molecule is CC(=O)N1CCC(CNc2cc(-c3ccccn3)nc(C)n2)CC1. The molecule has 2 aromatic rings. The monoisotopic (exact) mass is 325 g/mol. The lowest BCUT2D eigenvalue weighted by molar-refractivity contribution is -0.130. The molecular weight excluding hydrogens is 302 g/mol. The van der Waals surface area contributed by atoms with Gasteiger partial charge in [-0.15, -0.1) is 0 Å². The van der Waals surface area contributed by atoms with Crippen LogP contribution in [0.15, 0.2) is 30.5 Å². The lowest BCUT2D eigenvalue weighted by atomic mass is 9.97. The molecule has 24 heavy (non-hydrogen) atoms. The van der Waals surface area contributed by atoms with E-state index in [2.05, 4.69) is 20.3 Å². The predicted octanol–water partition coefficient (Wildman–Crippen LogP) is 2.52. The van der Waals surface area contributed by atoms with Crippen LogP contribution in [0.4, 0.5) is 5.82 Å². The number of carbonyl (C=O) groups excluding carboxylic acids is 1. The Hall–Kier alpha value is -2.50. The maximum Gasteiger partial charge on any atom is 0.219 e. The van der Waals surface area contributed by atoms with Crippen molar-refractivity contribution in [2.75, 3.05) is 25.0 Å². The molecule has 0 aliphatic carbocycles. The molecule has 1 fully saturated rings. The van der Waals surface area contributed by atoms with Crippen molar-refractivity contribution in [1.82, 2.24) is 19.9 Å². The average Bonchev–Trinajstić information content (AvgIpc) is 2.60. The first kappa shape index (κ1) is 16.4. The molecular formula is C18H23N5O. The number of hydrogen-bond donors (Lipinski definition) is 1. The number of pyridine rings is 1. The largest absolute Gasteiger partial charge is 0.370 e. The van der Waals surface area contributed by atoms with Gasteiger partial charge in [0.2, 0.25) is 5.91 Å². The number of hydrogen-bond acceptors (Lipinski definition) is 5. The highest BCUT2D eigenvalue weighted by Crippen LogP contribution is 2.20. The van der Waals surface area contributed by atoms with Gasteiger partial charge in [-0.3, -0.25) is 9.78 Å². The minimum absolute atomic E-state index is 0.174. The molecule has 0 saturated carbocycles. The van der Waals surface area contributed by atoms with E-state index in [-0.39, 0.29) is 5.91 Å². The maximum absolute atomic E-state index is 11.4. The minimum atomic E-state index is 0.174. The van der Waals surface area contributed by atoms with Gasteiger partial charge in [0.15, 0.2) is 0 Å². The van der Waals surface area contributed by atoms with E-state index in [0.29, 0.717) is 5.92 Å². The van der Waals surface area contributed by atoms with Crippen LogP contribution in [-0.2, 0) is 4.79 Å². The van der Waals surface area contributed by atoms with Crippen molar-refractivity contribution in [3.05, 3.63) is 36.3 Å². The molecule has 0 bridgehead atoms. The Morgan fingerprint density at radius 1 is 1.25 bits per heavy atom. The highest BCUT2D eigenvalue weighted by molar-refractivity contribution is 5.73. The number of rotatable bonds is 4. The highest BCUT2D eigenvalue weighted by atomic mass is 16.2. The van der Waals surface area contributed by atoms with E-state index in [0.717, 1.165) is 55.5 Å². The molecule has 0 radical (unpaired) electrons. The second-order valence-corrected chi connectivity index (χ2v) is 6.23. The normalized spacial score (nSPS) is 15.3. The zero-order valence-electron chi connectivity index (χ0n) is 14.2. The fraction of sp³-hybridized carbons (Fsp3) is 0.444. The van der Waals surface area contributed by atoms with E-state index in [1.807, 2.05) is 36.1 Å². The molecule has 1 aliphatic rings. The van der Waals surface area contributed by atoms with Crippen molar-refractivity contribution < 1.29 is 4.79 Å². The molecule has 0 atom stereocenters. The second-order valence-electron chi connectivity index (χ2n) is 6.23. The Bertz CT molecular complexity index is 696. The molecule has 2 aromatic heterocycles. The van der Waals surface area contributed by atoms with E-state index >= 15 is 0 Å². The predicted molar refractivity (Wildman–Crippen MR) is 93.5 cm³/mol. The number of nitrogens with zero attached hydrogens (tertiary/aromatic N) is 4. The third-order valence-electron chi connectivity index (χ3n) is 4.40. The second kappa shape index (κ2) is 7.38. The number of piperidine rings is 1. The van der Waals surface area contributed by atoms with Crippen LogP contribution in [0, 0.1) is 12.8 Å². The first-order valence-corrected chi connectivity index (χ1v) is 8.38. The molecule has 3 heterocycles. The summed E-state index contributed by atoms with van der Waals surface area (Å²) in [7, 11) is 0. The van der Waals surface area contributed by atoms with Crippen LogP contribution in [0.2, 0.25) is 0 Å². The number of aryl methyl sites for hydroxylation is 1. The molecule has 1 N–H and O–H groups in total. The van der Waals surface area contributed by atoms with Crippen LogP contribution in [-0.4, -0.2) is 45.4 Å². The Labute approximate surface area is 142 Å². The molecule has 1 amide bonds. The number of amides is 1. The summed E-state index contributed by atoms with van der Waals surface area (Å²) in [6.45, 7) is 6.10. The molecule has 3 rings (SSSR count). The van der Waals surface area contributed by atoms with Crippen molar-refractivity contribution in [3.8, 4) is 11.4 Å². The van der Waals surface area contributed by atoms with Crippen LogP contribution >= 0.6 is 0 Å². The van der Waals surface area contributed by atoms with Crippen molar-refractivity contribution in [3.63, 3.8) is 0 Å². The van der Waals surface area contributed by atoms with Crippen molar-refractivity contribution >= 4 is 11.7 Å². The van der Waals surface area contributed by atoms with Crippen molar-refractivity contribution in [2.24, 2.45) is 5.92 Å². The van der Waals surface area contributed by atoms with Gasteiger partial charge in [0, 0.05) is 38.8 Å². The van der Waals surface area contributed by atoms with E-state index in [4.69, 9.17) is 0 Å². The number of likely N-dealkylation sites (tertiary alicyclic amines) is 1. The average molecular weight is 325 g/mol. The third kappa shape index (κ3) is 4.07. The van der Waals surface area contributed by atoms with Gasteiger partial charge in [-0.1, -0.05) is 6.07 Å². The van der Waals surface area contributed by atoms with Gasteiger partial charge in [0.25, 0.3) is 0 Å². The lowest BCUT2D eigenvalue weighted by Crippen LogP contribution is -2.38. The maximum atomic E-state index is 11.4. The van der Waals surface area contributed by atoms with Gasteiger partial charge >= 0.3 is 0 Å². The molecule has 126 valence electrons. The van der Waals surface area contributed by atoms with E-state index in [1.165, 1.54) is 0 Å². The van der Waals surface area contributed by atoms with Gasteiger partial charge in [0.1, 0.15) is 11.6 Å². The molecule has 6 heteroatoms. The summed E-state index contributed by atoms with van der Waals surface area (Å²) in [6.07, 6.45) is 3.83. The molecule has 0 aromatic carbocycles. The van der Waals surface area contributed by atoms with E-state index < -0.39 is 0 Å². The minimum Gasteiger partial charge on any atom is -0.370 e. The zero-order valence-corrected chi connectivity index (χ0v) is 14.2. The topological polar surface area (TPSA) is 71.0 Å². The van der Waals surface area contributed by atoms with E-state index in [9.17, 15) is 4.79 Å². The summed E-state index contributed by atoms with van der Waals surface area (Å²) >= 11 is 0. The zero-order chi connectivity index (χ0) is 16.9.